The molecule has 0 radical (unpaired) electrons. The zero-order valence-electron chi connectivity index (χ0n) is 79.6. The number of carbonyl (C=O) groups is 6. The second kappa shape index (κ2) is 44.4. The number of hydrogen-bond acceptors (Lipinski definition) is 25. The Kier molecular flexibility index (Phi) is 31.9. The number of nitrogens with zero attached hydrogens (tertiary/aromatic N) is 12. The molecule has 34 heteroatoms. The van der Waals surface area contributed by atoms with E-state index < -0.39 is 40.2 Å². The lowest BCUT2D eigenvalue weighted by atomic mass is 10.1. The van der Waals surface area contributed by atoms with Crippen molar-refractivity contribution in [3.05, 3.63) is 299 Å². The number of carboxylic acid groups (broad SMARTS) is 1. The molecule has 2 aliphatic carbocycles. The lowest BCUT2D eigenvalue weighted by molar-refractivity contribution is -0.156. The third-order valence-corrected chi connectivity index (χ3v) is 22.6. The minimum Gasteiger partial charge on any atom is -0.481 e. The number of unbranched alkanes of at least 4 members (excludes halogenated alkanes) is 4. The Morgan fingerprint density at radius 3 is 0.922 bits per heavy atom. The van der Waals surface area contributed by atoms with E-state index in [9.17, 15) is 65.5 Å². The van der Waals surface area contributed by atoms with Gasteiger partial charge in [0.1, 0.15) is 86.2 Å². The molecule has 0 spiro atoms. The fourth-order valence-corrected chi connectivity index (χ4v) is 15.7. The van der Waals surface area contributed by atoms with Crippen LogP contribution in [-0.2, 0) is 59.1 Å². The summed E-state index contributed by atoms with van der Waals surface area (Å²) in [5, 5.41) is 34.4. The van der Waals surface area contributed by atoms with Crippen molar-refractivity contribution in [2.75, 3.05) is 0 Å². The molecular formula is C107H106F4N12O18. The molecule has 0 aliphatic heterocycles. The Labute approximate surface area is 806 Å². The van der Waals surface area contributed by atoms with Crippen LogP contribution < -0.4 is 22.2 Å². The number of carboxylic acids is 1. The summed E-state index contributed by atoms with van der Waals surface area (Å²) in [4.78, 5) is 144. The second-order valence-corrected chi connectivity index (χ2v) is 37.5. The number of halogens is 4. The van der Waals surface area contributed by atoms with Gasteiger partial charge in [-0.1, -0.05) is 44.9 Å². The molecule has 7 aromatic heterocycles. The number of Topliss-reactive ketones (excluding diaryl/α,β-unsaturated/α-hetero) is 2. The number of fused-ring (bicyclic) bond motifs is 4. The molecular weight excluding hydrogens is 1820 g/mol. The van der Waals surface area contributed by atoms with E-state index in [1.165, 1.54) is 109 Å². The third kappa shape index (κ3) is 26.8. The fourth-order valence-electron chi connectivity index (χ4n) is 15.7. The van der Waals surface area contributed by atoms with Gasteiger partial charge in [0.25, 0.3) is 22.2 Å². The summed E-state index contributed by atoms with van der Waals surface area (Å²) in [5.41, 5.74) is 5.53. The lowest BCUT2D eigenvalue weighted by Gasteiger charge is -2.19. The molecule has 17 rings (SSSR count). The molecule has 2 fully saturated rings. The van der Waals surface area contributed by atoms with E-state index in [0.29, 0.717) is 206 Å². The molecule has 2 N–H and O–H groups in total. The van der Waals surface area contributed by atoms with E-state index in [1.54, 1.807) is 91.0 Å². The first kappa shape index (κ1) is 101. The zero-order valence-corrected chi connectivity index (χ0v) is 79.6. The van der Waals surface area contributed by atoms with Crippen molar-refractivity contribution in [2.45, 2.75) is 214 Å². The van der Waals surface area contributed by atoms with E-state index >= 15 is 0 Å². The standard InChI is InChI=1S/C30H30FN3O5.C27H28FN3O4.C26H22FN3O5.C24H26FN3O4/c1-30(2,3)38-27(35)7-5-4-6-26-32-24-16-19(23-17-25(39-33-23)28(36)18-8-9-18)10-15-22(24)29(37)34(26)21-13-11-20(31)12-14-21;1-17-15-22(30-35-17)18-9-14-21-23(16-18)29-24(7-5-6-8-25(32)34-27(2,3)4)31(26(21)33)20-12-10-19(28)11-13-20;27-17-8-10-18(11-9-17)30-23(3-1-2-4-24(31)32)28-21-13-16(7-12-19(21)26(30)34)20-14-22(35-29-20)25(33)15-5-6-15;1-24(2,3)32-22(29)7-5-4-6-21-27-20-14-16(15-26-31)8-13-19(20)23(30)28(21)18-11-9-17(25)10-12-18/h10-18H,4-9H2,1-3H3;9-16H,5-8H2,1-4H3;7-15H,1-6H2,(H,31,32);8-15,31H,4-7H2,1-3H3/b;;;26-15+. The van der Waals surface area contributed by atoms with Crippen molar-refractivity contribution in [1.29, 1.82) is 0 Å². The highest BCUT2D eigenvalue weighted by Crippen LogP contribution is 2.37. The molecule has 0 atom stereocenters. The number of esters is 3. The highest BCUT2D eigenvalue weighted by Gasteiger charge is 2.35. The number of aromatic nitrogens is 11. The maximum absolute atomic E-state index is 13.6. The summed E-state index contributed by atoms with van der Waals surface area (Å²) in [5.74, 6) is -0.242. The Balaban J connectivity index is 0.000000150. The predicted octanol–water partition coefficient (Wildman–Crippen LogP) is 20.3. The minimum absolute atomic E-state index is 0.0164. The predicted molar refractivity (Wildman–Crippen MR) is 519 cm³/mol. The van der Waals surface area contributed by atoms with E-state index in [0.717, 1.165) is 31.2 Å². The average Bonchev–Trinajstić information content (AvgIpc) is 1.54. The van der Waals surface area contributed by atoms with Gasteiger partial charge in [-0.05, 0) is 297 Å². The highest BCUT2D eigenvalue weighted by molar-refractivity contribution is 5.99. The van der Waals surface area contributed by atoms with Crippen LogP contribution in [0.1, 0.15) is 221 Å². The third-order valence-electron chi connectivity index (χ3n) is 22.6. The van der Waals surface area contributed by atoms with Crippen molar-refractivity contribution in [1.82, 2.24) is 53.7 Å². The van der Waals surface area contributed by atoms with Gasteiger partial charge >= 0.3 is 23.9 Å². The number of rotatable bonds is 32. The normalized spacial score (nSPS) is 12.6. The largest absolute Gasteiger partial charge is 0.481 e. The SMILES string of the molecule is CC(C)(C)OC(=O)CCCCc1nc2cc(-c3cc(C(=O)C4CC4)on3)ccc2c(=O)n1-c1ccc(F)cc1.CC(C)(C)OC(=O)CCCCc1nc2cc(/C=N/O)ccc2c(=O)n1-c1ccc(F)cc1.Cc1cc(-c2ccc3c(=O)n(-c4ccc(F)cc4)c(CCCCC(=O)OC(C)(C)C)nc3c2)no1.O=C(O)CCCCc1nc2cc(-c3cc(C(=O)C4CC4)on3)ccc2c(=O)n1-c1ccc(F)cc1. The van der Waals surface area contributed by atoms with Gasteiger partial charge in [0.05, 0.1) is 72.6 Å². The molecule has 2 saturated carbocycles. The number of aryl methyl sites for hydroxylation is 5. The van der Waals surface area contributed by atoms with E-state index in [4.69, 9.17) is 53.0 Å². The van der Waals surface area contributed by atoms with Gasteiger partial charge in [-0.25, -0.2) is 37.5 Å². The minimum atomic E-state index is -0.885. The molecule has 0 saturated heterocycles. The van der Waals surface area contributed by atoms with Crippen molar-refractivity contribution < 1.29 is 84.4 Å². The van der Waals surface area contributed by atoms with Crippen molar-refractivity contribution in [3.8, 4) is 56.5 Å². The number of carbonyl (C=O) groups excluding carboxylic acids is 5. The van der Waals surface area contributed by atoms with Crippen LogP contribution in [-0.4, -0.2) is 122 Å². The van der Waals surface area contributed by atoms with Gasteiger partial charge in [-0.3, -0.25) is 66.2 Å². The fraction of sp³-hybridized carbons (Fsp3) is 0.327. The van der Waals surface area contributed by atoms with Crippen molar-refractivity contribution in [2.24, 2.45) is 17.0 Å². The molecule has 0 bridgehead atoms. The monoisotopic (exact) mass is 1920 g/mol. The molecule has 8 aromatic carbocycles. The first-order valence-electron chi connectivity index (χ1n) is 46.6. The first-order chi connectivity index (χ1) is 67.3. The number of aliphatic carboxylic acids is 1. The maximum Gasteiger partial charge on any atom is 0.306 e. The van der Waals surface area contributed by atoms with E-state index in [2.05, 4.69) is 25.6 Å². The lowest BCUT2D eigenvalue weighted by Crippen LogP contribution is -2.24. The van der Waals surface area contributed by atoms with E-state index in [-0.39, 0.29) is 107 Å². The number of benzene rings is 8. The quantitative estimate of drug-likeness (QED) is 0.00578. The summed E-state index contributed by atoms with van der Waals surface area (Å²) >= 11 is 0. The summed E-state index contributed by atoms with van der Waals surface area (Å²) < 4.78 is 91.8. The van der Waals surface area contributed by atoms with Crippen LogP contribution >= 0.6 is 0 Å². The molecule has 0 unspecified atom stereocenters. The molecule has 7 heterocycles. The van der Waals surface area contributed by atoms with Crippen LogP contribution in [0.4, 0.5) is 17.6 Å². The van der Waals surface area contributed by atoms with Crippen LogP contribution in [0.2, 0.25) is 0 Å². The molecule has 141 heavy (non-hydrogen) atoms. The van der Waals surface area contributed by atoms with Crippen LogP contribution in [0.3, 0.4) is 0 Å². The van der Waals surface area contributed by atoms with Crippen LogP contribution in [0, 0.1) is 42.0 Å². The summed E-state index contributed by atoms with van der Waals surface area (Å²) in [7, 11) is 0. The van der Waals surface area contributed by atoms with Gasteiger partial charge in [-0.2, -0.15) is 0 Å². The van der Waals surface area contributed by atoms with Crippen LogP contribution in [0.15, 0.2) is 226 Å². The first-order valence-corrected chi connectivity index (χ1v) is 46.6. The molecule has 15 aromatic rings. The summed E-state index contributed by atoms with van der Waals surface area (Å²) in [6.45, 7) is 18.2. The number of ketones is 2. The Hall–Kier alpha value is -15.6. The van der Waals surface area contributed by atoms with Gasteiger partial charge in [0.15, 0.2) is 0 Å². The Morgan fingerprint density at radius 2 is 0.652 bits per heavy atom. The van der Waals surface area contributed by atoms with Crippen LogP contribution in [0.5, 0.6) is 0 Å². The highest BCUT2D eigenvalue weighted by atomic mass is 19.1. The van der Waals surface area contributed by atoms with Gasteiger partial charge in [0, 0.05) is 98.1 Å². The van der Waals surface area contributed by atoms with Gasteiger partial charge < -0.3 is 38.1 Å². The number of oxime groups is 1. The molecule has 0 amide bonds. The Bertz CT molecular complexity index is 7440. The molecule has 30 nitrogen and oxygen atoms in total. The van der Waals surface area contributed by atoms with Crippen LogP contribution in [0.25, 0.3) is 100 Å². The van der Waals surface area contributed by atoms with E-state index in [1.807, 2.05) is 81.4 Å². The smallest absolute Gasteiger partial charge is 0.306 e. The summed E-state index contributed by atoms with van der Waals surface area (Å²) in [6, 6.07) is 48.2. The van der Waals surface area contributed by atoms with Gasteiger partial charge in [0.2, 0.25) is 23.1 Å². The van der Waals surface area contributed by atoms with Crippen molar-refractivity contribution >= 4 is 85.3 Å². The topological polar surface area (TPSA) is 401 Å². The zero-order chi connectivity index (χ0) is 101. The van der Waals surface area contributed by atoms with Gasteiger partial charge in [-0.15, -0.1) is 0 Å². The van der Waals surface area contributed by atoms with Crippen molar-refractivity contribution in [3.63, 3.8) is 0 Å². The molecule has 730 valence electrons. The number of ether oxygens (including phenoxy) is 3. The summed E-state index contributed by atoms with van der Waals surface area (Å²) in [6.07, 6.45) is 11.7. The second-order valence-electron chi connectivity index (χ2n) is 37.5. The number of hydrogen-bond donors (Lipinski definition) is 2. The maximum atomic E-state index is 13.6. The average molecular weight is 1920 g/mol. The molecule has 2 aliphatic rings. The Morgan fingerprint density at radius 1 is 0.376 bits per heavy atom.